The Morgan fingerprint density at radius 3 is 2.22 bits per heavy atom. The first-order valence-electron chi connectivity index (χ1n) is 8.29. The van der Waals surface area contributed by atoms with Crippen molar-refractivity contribution < 1.29 is 9.59 Å². The van der Waals surface area contributed by atoms with Crippen molar-refractivity contribution in [2.45, 2.75) is 33.4 Å². The molecule has 1 aromatic carbocycles. The number of benzene rings is 1. The Morgan fingerprint density at radius 1 is 1.09 bits per heavy atom. The summed E-state index contributed by atoms with van der Waals surface area (Å²) >= 11 is 0. The van der Waals surface area contributed by atoms with Crippen LogP contribution in [0, 0.1) is 5.92 Å². The van der Waals surface area contributed by atoms with Gasteiger partial charge in [0.25, 0.3) is 0 Å². The van der Waals surface area contributed by atoms with E-state index in [0.29, 0.717) is 13.1 Å². The Labute approximate surface area is 138 Å². The second kappa shape index (κ2) is 8.11. The molecule has 2 amide bonds. The van der Waals surface area contributed by atoms with Gasteiger partial charge in [-0.05, 0) is 11.5 Å². The van der Waals surface area contributed by atoms with Gasteiger partial charge in [-0.25, -0.2) is 0 Å². The Balaban J connectivity index is 1.87. The molecule has 0 saturated carbocycles. The zero-order chi connectivity index (χ0) is 16.8. The molecule has 1 unspecified atom stereocenters. The highest BCUT2D eigenvalue weighted by atomic mass is 16.2. The molecule has 5 nitrogen and oxygen atoms in total. The van der Waals surface area contributed by atoms with Crippen LogP contribution in [-0.4, -0.2) is 53.8 Å². The largest absolute Gasteiger partial charge is 0.344 e. The van der Waals surface area contributed by atoms with E-state index >= 15 is 0 Å². The van der Waals surface area contributed by atoms with Crippen molar-refractivity contribution in [3.8, 4) is 0 Å². The van der Waals surface area contributed by atoms with Gasteiger partial charge in [-0.2, -0.15) is 0 Å². The van der Waals surface area contributed by atoms with E-state index in [4.69, 9.17) is 0 Å². The fourth-order valence-electron chi connectivity index (χ4n) is 2.90. The summed E-state index contributed by atoms with van der Waals surface area (Å²) in [4.78, 5) is 28.2. The number of carbonyl (C=O) groups is 2. The Hall–Kier alpha value is -1.88. The number of nitrogens with zero attached hydrogens (tertiary/aromatic N) is 2. The molecule has 0 spiro atoms. The molecule has 0 bridgehead atoms. The van der Waals surface area contributed by atoms with Crippen LogP contribution in [0.2, 0.25) is 0 Å². The normalized spacial score (nSPS) is 17.1. The predicted molar refractivity (Wildman–Crippen MR) is 90.7 cm³/mol. The highest BCUT2D eigenvalue weighted by Gasteiger charge is 2.29. The average molecular weight is 317 g/mol. The Morgan fingerprint density at radius 2 is 1.70 bits per heavy atom. The van der Waals surface area contributed by atoms with Crippen LogP contribution in [-0.2, 0) is 16.1 Å². The molecule has 2 rings (SSSR count). The van der Waals surface area contributed by atoms with Crippen LogP contribution in [0.25, 0.3) is 0 Å². The lowest BCUT2D eigenvalue weighted by molar-refractivity contribution is -0.138. The number of amides is 2. The van der Waals surface area contributed by atoms with E-state index in [-0.39, 0.29) is 17.7 Å². The van der Waals surface area contributed by atoms with E-state index < -0.39 is 6.04 Å². The van der Waals surface area contributed by atoms with Crippen LogP contribution >= 0.6 is 0 Å². The van der Waals surface area contributed by atoms with E-state index in [1.54, 1.807) is 0 Å². The molecule has 1 N–H and O–H groups in total. The van der Waals surface area contributed by atoms with E-state index in [2.05, 4.69) is 34.5 Å². The Bertz CT molecular complexity index is 522. The molecular weight excluding hydrogens is 290 g/mol. The fraction of sp³-hybridized carbons (Fsp3) is 0.556. The summed E-state index contributed by atoms with van der Waals surface area (Å²) in [5.74, 6) is -0.0249. The molecule has 1 fully saturated rings. The van der Waals surface area contributed by atoms with Crippen molar-refractivity contribution in [3.05, 3.63) is 35.9 Å². The number of rotatable bonds is 5. The molecule has 0 aliphatic carbocycles. The summed E-state index contributed by atoms with van der Waals surface area (Å²) in [6, 6.07) is 9.96. The molecule has 1 aliphatic rings. The van der Waals surface area contributed by atoms with Gasteiger partial charge >= 0.3 is 0 Å². The highest BCUT2D eigenvalue weighted by molar-refractivity contribution is 5.87. The van der Waals surface area contributed by atoms with Gasteiger partial charge in [0, 0.05) is 39.6 Å². The summed E-state index contributed by atoms with van der Waals surface area (Å²) in [5, 5.41) is 2.78. The fourth-order valence-corrected chi connectivity index (χ4v) is 2.90. The summed E-state index contributed by atoms with van der Waals surface area (Å²) in [7, 11) is 0. The second-order valence-corrected chi connectivity index (χ2v) is 6.51. The van der Waals surface area contributed by atoms with E-state index in [0.717, 1.165) is 19.6 Å². The van der Waals surface area contributed by atoms with Crippen LogP contribution in [0.3, 0.4) is 0 Å². The molecule has 1 heterocycles. The monoisotopic (exact) mass is 317 g/mol. The standard InChI is InChI=1S/C18H27N3O2/c1-14(2)17(19-15(3)22)18(23)21-11-9-20(10-12-21)13-16-7-5-4-6-8-16/h4-8,14,17H,9-13H2,1-3H3,(H,19,22). The molecule has 1 aromatic rings. The van der Waals surface area contributed by atoms with Crippen molar-refractivity contribution in [1.82, 2.24) is 15.1 Å². The lowest BCUT2D eigenvalue weighted by Gasteiger charge is -2.37. The van der Waals surface area contributed by atoms with Crippen LogP contribution in [0.15, 0.2) is 30.3 Å². The lowest BCUT2D eigenvalue weighted by atomic mass is 10.0. The zero-order valence-corrected chi connectivity index (χ0v) is 14.3. The van der Waals surface area contributed by atoms with Gasteiger partial charge in [0.15, 0.2) is 0 Å². The van der Waals surface area contributed by atoms with E-state index in [9.17, 15) is 9.59 Å². The SMILES string of the molecule is CC(=O)NC(C(=O)N1CCN(Cc2ccccc2)CC1)C(C)C. The van der Waals surface area contributed by atoms with Gasteiger partial charge in [-0.15, -0.1) is 0 Å². The number of nitrogens with one attached hydrogen (secondary N) is 1. The zero-order valence-electron chi connectivity index (χ0n) is 14.3. The molecule has 23 heavy (non-hydrogen) atoms. The molecule has 126 valence electrons. The minimum Gasteiger partial charge on any atom is -0.344 e. The first-order chi connectivity index (χ1) is 11.0. The third-order valence-electron chi connectivity index (χ3n) is 4.22. The van der Waals surface area contributed by atoms with Gasteiger partial charge in [-0.1, -0.05) is 44.2 Å². The Kier molecular flexibility index (Phi) is 6.16. The van der Waals surface area contributed by atoms with Crippen LogP contribution in [0.5, 0.6) is 0 Å². The molecule has 1 saturated heterocycles. The van der Waals surface area contributed by atoms with Crippen molar-refractivity contribution >= 4 is 11.8 Å². The predicted octanol–water partition coefficient (Wildman–Crippen LogP) is 1.49. The van der Waals surface area contributed by atoms with Crippen LogP contribution < -0.4 is 5.32 Å². The maximum Gasteiger partial charge on any atom is 0.245 e. The number of piperazine rings is 1. The first kappa shape index (κ1) is 17.5. The maximum atomic E-state index is 12.6. The number of hydrogen-bond donors (Lipinski definition) is 1. The molecule has 1 aliphatic heterocycles. The number of hydrogen-bond acceptors (Lipinski definition) is 3. The molecular formula is C18H27N3O2. The van der Waals surface area contributed by atoms with Crippen molar-refractivity contribution in [2.24, 2.45) is 5.92 Å². The minimum absolute atomic E-state index is 0.0366. The van der Waals surface area contributed by atoms with Crippen molar-refractivity contribution in [2.75, 3.05) is 26.2 Å². The summed E-state index contributed by atoms with van der Waals surface area (Å²) < 4.78 is 0. The van der Waals surface area contributed by atoms with Crippen LogP contribution in [0.1, 0.15) is 26.3 Å². The molecule has 5 heteroatoms. The first-order valence-corrected chi connectivity index (χ1v) is 8.29. The van der Waals surface area contributed by atoms with Crippen molar-refractivity contribution in [1.29, 1.82) is 0 Å². The molecule has 1 atom stereocenters. The summed E-state index contributed by atoms with van der Waals surface area (Å²) in [5.41, 5.74) is 1.30. The quantitative estimate of drug-likeness (QED) is 0.895. The maximum absolute atomic E-state index is 12.6. The highest BCUT2D eigenvalue weighted by Crippen LogP contribution is 2.12. The smallest absolute Gasteiger partial charge is 0.245 e. The average Bonchev–Trinajstić information content (AvgIpc) is 2.53. The van der Waals surface area contributed by atoms with Gasteiger partial charge in [0.2, 0.25) is 11.8 Å². The topological polar surface area (TPSA) is 52.7 Å². The van der Waals surface area contributed by atoms with Crippen LogP contribution in [0.4, 0.5) is 0 Å². The van der Waals surface area contributed by atoms with Gasteiger partial charge in [0.05, 0.1) is 0 Å². The van der Waals surface area contributed by atoms with E-state index in [1.807, 2.05) is 24.8 Å². The van der Waals surface area contributed by atoms with Gasteiger partial charge < -0.3 is 10.2 Å². The lowest BCUT2D eigenvalue weighted by Crippen LogP contribution is -2.56. The summed E-state index contributed by atoms with van der Waals surface area (Å²) in [6.07, 6.45) is 0. The van der Waals surface area contributed by atoms with Crippen molar-refractivity contribution in [3.63, 3.8) is 0 Å². The third kappa shape index (κ3) is 5.06. The molecule has 0 radical (unpaired) electrons. The minimum atomic E-state index is -0.423. The molecule has 0 aromatic heterocycles. The number of carbonyl (C=O) groups excluding carboxylic acids is 2. The second-order valence-electron chi connectivity index (χ2n) is 6.51. The van der Waals surface area contributed by atoms with E-state index in [1.165, 1.54) is 12.5 Å². The summed E-state index contributed by atoms with van der Waals surface area (Å²) in [6.45, 7) is 9.47. The van der Waals surface area contributed by atoms with Gasteiger partial charge in [-0.3, -0.25) is 14.5 Å². The van der Waals surface area contributed by atoms with Gasteiger partial charge in [0.1, 0.15) is 6.04 Å². The third-order valence-corrected chi connectivity index (χ3v) is 4.22.